The quantitative estimate of drug-likeness (QED) is 0.0577. The first-order chi connectivity index (χ1) is 24.8. The van der Waals surface area contributed by atoms with Gasteiger partial charge in [0.1, 0.15) is 36.1 Å². The second kappa shape index (κ2) is 18.4. The fourth-order valence-electron chi connectivity index (χ4n) is 5.11. The van der Waals surface area contributed by atoms with Gasteiger partial charge in [0.25, 0.3) is 0 Å². The van der Waals surface area contributed by atoms with E-state index in [1.54, 1.807) is 6.07 Å². The van der Waals surface area contributed by atoms with Gasteiger partial charge in [-0.2, -0.15) is 20.1 Å². The van der Waals surface area contributed by atoms with Gasteiger partial charge in [0.05, 0.1) is 37.2 Å². The molecule has 1 heterocycles. The molecular weight excluding hydrogens is 851 g/mol. The molecule has 0 saturated carbocycles. The predicted octanol–water partition coefficient (Wildman–Crippen LogP) is -5.77. The van der Waals surface area contributed by atoms with E-state index in [4.69, 9.17) is 16.7 Å². The summed E-state index contributed by atoms with van der Waals surface area (Å²) >= 11 is 6.06. The SMILES string of the molecule is O=C(O)c1ccc(Nc2nc(Cl)nc(Nc3cc(S(=O)(=O)[O-])cc4c3C(=O)/C(=N/Nc3ccc5ccccc5c3S(=O)(=O)[O-])C(S(=O)(=O)[O-])=C4)n2)cc1.[Na+].[Na+].[Na+]. The van der Waals surface area contributed by atoms with E-state index in [9.17, 15) is 48.5 Å². The van der Waals surface area contributed by atoms with Crippen molar-refractivity contribution in [2.75, 3.05) is 16.1 Å². The van der Waals surface area contributed by atoms with Crippen LogP contribution in [0.3, 0.4) is 0 Å². The summed E-state index contributed by atoms with van der Waals surface area (Å²) in [5, 5.41) is 17.9. The van der Waals surface area contributed by atoms with Gasteiger partial charge in [-0.1, -0.05) is 30.3 Å². The Balaban J connectivity index is 0.00000280. The summed E-state index contributed by atoms with van der Waals surface area (Å²) in [6.07, 6.45) is 0.569. The number of carboxylic acids is 1. The molecule has 6 rings (SSSR count). The third-order valence-corrected chi connectivity index (χ3v) is 10.1. The Hall–Kier alpha value is -2.88. The number of halogens is 1. The molecule has 0 bridgehead atoms. The number of hydrogen-bond donors (Lipinski definition) is 4. The van der Waals surface area contributed by atoms with E-state index in [0.717, 1.165) is 6.07 Å². The number of hydrazone groups is 1. The number of carbonyl (C=O) groups excluding carboxylic acids is 1. The Morgan fingerprint density at radius 2 is 1.38 bits per heavy atom. The van der Waals surface area contributed by atoms with Gasteiger partial charge in [0.2, 0.25) is 23.0 Å². The van der Waals surface area contributed by atoms with Gasteiger partial charge >= 0.3 is 94.6 Å². The molecule has 4 N–H and O–H groups in total. The number of rotatable bonds is 10. The molecule has 5 aromatic rings. The second-order valence-corrected chi connectivity index (χ2v) is 15.1. The zero-order valence-electron chi connectivity index (χ0n) is 28.8. The summed E-state index contributed by atoms with van der Waals surface area (Å²) in [7, 11) is -16.1. The number of ketones is 1. The largest absolute Gasteiger partial charge is 1.00 e. The van der Waals surface area contributed by atoms with Gasteiger partial charge in [-0.05, 0) is 71.1 Å². The number of benzene rings is 4. The van der Waals surface area contributed by atoms with Crippen molar-refractivity contribution in [2.45, 2.75) is 9.79 Å². The molecular formula is C30H17ClN7Na3O12S3. The maximum absolute atomic E-state index is 14.0. The number of fused-ring (bicyclic) bond motifs is 2. The van der Waals surface area contributed by atoms with Crippen molar-refractivity contribution in [3.05, 3.63) is 99.7 Å². The van der Waals surface area contributed by atoms with Crippen LogP contribution in [0, 0.1) is 0 Å². The minimum absolute atomic E-state index is 0. The monoisotopic (exact) mass is 867 g/mol. The van der Waals surface area contributed by atoms with Gasteiger partial charge in [-0.3, -0.25) is 10.2 Å². The maximum Gasteiger partial charge on any atom is 1.00 e. The van der Waals surface area contributed by atoms with Crippen LogP contribution < -0.4 is 105 Å². The fourth-order valence-corrected chi connectivity index (χ4v) is 7.29. The van der Waals surface area contributed by atoms with Crippen molar-refractivity contribution in [3.8, 4) is 0 Å². The zero-order valence-corrected chi connectivity index (χ0v) is 38.0. The molecule has 19 nitrogen and oxygen atoms in total. The molecule has 0 fully saturated rings. The molecule has 0 radical (unpaired) electrons. The Morgan fingerprint density at radius 3 is 1.96 bits per heavy atom. The number of nitrogens with zero attached hydrogens (tertiary/aromatic N) is 4. The molecule has 1 aromatic heterocycles. The first kappa shape index (κ1) is 47.5. The number of nitrogens with one attached hydrogen (secondary N) is 3. The van der Waals surface area contributed by atoms with E-state index in [2.05, 4.69) is 36.1 Å². The smallest absolute Gasteiger partial charge is 0.744 e. The van der Waals surface area contributed by atoms with E-state index < -0.39 is 96.2 Å². The van der Waals surface area contributed by atoms with Crippen LogP contribution in [-0.4, -0.2) is 76.4 Å². The van der Waals surface area contributed by atoms with Gasteiger partial charge in [-0.25, -0.2) is 30.0 Å². The van der Waals surface area contributed by atoms with Crippen molar-refractivity contribution in [1.29, 1.82) is 0 Å². The molecule has 0 atom stereocenters. The van der Waals surface area contributed by atoms with Crippen molar-refractivity contribution < 1.29 is 142 Å². The topological polar surface area (TPSA) is 313 Å². The third-order valence-electron chi connectivity index (χ3n) is 7.32. The van der Waals surface area contributed by atoms with E-state index in [0.29, 0.717) is 29.3 Å². The molecule has 272 valence electrons. The second-order valence-electron chi connectivity index (χ2n) is 10.8. The van der Waals surface area contributed by atoms with Crippen molar-refractivity contribution in [2.24, 2.45) is 5.10 Å². The van der Waals surface area contributed by atoms with Crippen LogP contribution in [0.25, 0.3) is 16.8 Å². The first-order valence-corrected chi connectivity index (χ1v) is 18.9. The van der Waals surface area contributed by atoms with E-state index >= 15 is 0 Å². The Morgan fingerprint density at radius 1 is 0.750 bits per heavy atom. The van der Waals surface area contributed by atoms with Crippen LogP contribution in [-0.2, 0) is 30.4 Å². The van der Waals surface area contributed by atoms with Crippen molar-refractivity contribution in [3.63, 3.8) is 0 Å². The zero-order chi connectivity index (χ0) is 38.5. The van der Waals surface area contributed by atoms with Crippen molar-refractivity contribution in [1.82, 2.24) is 15.0 Å². The van der Waals surface area contributed by atoms with Gasteiger partial charge in [0, 0.05) is 11.1 Å². The molecule has 0 aliphatic heterocycles. The summed E-state index contributed by atoms with van der Waals surface area (Å²) in [4.78, 5) is 33.9. The fraction of sp³-hybridized carbons (Fsp3) is 0. The maximum atomic E-state index is 14.0. The molecule has 0 saturated heterocycles. The predicted molar refractivity (Wildman–Crippen MR) is 184 cm³/mol. The molecule has 4 aromatic carbocycles. The summed E-state index contributed by atoms with van der Waals surface area (Å²) in [5.41, 5.74) is -0.789. The average Bonchev–Trinajstić information content (AvgIpc) is 3.06. The Bertz CT molecular complexity index is 2810. The van der Waals surface area contributed by atoms with E-state index in [1.165, 1.54) is 48.5 Å². The molecule has 1 aliphatic carbocycles. The van der Waals surface area contributed by atoms with Gasteiger partial charge < -0.3 is 29.4 Å². The molecule has 0 unspecified atom stereocenters. The Labute approximate surface area is 388 Å². The molecule has 0 spiro atoms. The van der Waals surface area contributed by atoms with E-state index in [-0.39, 0.29) is 106 Å². The normalized spacial score (nSPS) is 13.3. The number of allylic oxidation sites excluding steroid dienone is 1. The Kier molecular flexibility index (Phi) is 15.6. The number of aromatic nitrogens is 3. The number of carbonyl (C=O) groups is 2. The summed E-state index contributed by atoms with van der Waals surface area (Å²) in [5.74, 6) is -3.24. The van der Waals surface area contributed by atoms with Gasteiger partial charge in [-0.15, -0.1) is 0 Å². The third kappa shape index (κ3) is 10.6. The minimum atomic E-state index is -5.60. The van der Waals surface area contributed by atoms with Crippen LogP contribution in [0.1, 0.15) is 26.3 Å². The van der Waals surface area contributed by atoms with Crippen molar-refractivity contribution >= 4 is 105 Å². The van der Waals surface area contributed by atoms with E-state index in [1.807, 2.05) is 0 Å². The van der Waals surface area contributed by atoms with Crippen LogP contribution in [0.15, 0.2) is 92.6 Å². The minimum Gasteiger partial charge on any atom is -0.744 e. The summed E-state index contributed by atoms with van der Waals surface area (Å²) in [6, 6.07) is 15.0. The average molecular weight is 868 g/mol. The molecule has 1 aliphatic rings. The number of carboxylic acid groups (broad SMARTS) is 1. The van der Waals surface area contributed by atoms with Crippen LogP contribution >= 0.6 is 11.6 Å². The summed E-state index contributed by atoms with van der Waals surface area (Å²) in [6.45, 7) is 0. The standard InChI is InChI=1S/C30H20ClN7O12S3.3Na/c31-28-34-29(32-17-8-5-15(6-9-17)27(40)41)36-30(35-28)33-21-13-18(51(42,43)44)11-16-12-22(52(45,46)47)24(25(39)23(16)21)38-37-20-10-7-14-3-1-2-4-19(14)26(20)53(48,49)50;;;/h1-13,37H,(H,40,41)(H,42,43,44)(H,45,46,47)(H,48,49,50)(H2,32,33,34,35,36);;;/q;3*+1/p-3/b38-24+;;;. The number of aromatic carboxylic acids is 1. The number of anilines is 5. The molecule has 26 heteroatoms. The van der Waals surface area contributed by atoms with Gasteiger partial charge in [0.15, 0.2) is 0 Å². The molecule has 0 amide bonds. The van der Waals surface area contributed by atoms with Crippen LogP contribution in [0.5, 0.6) is 0 Å². The summed E-state index contributed by atoms with van der Waals surface area (Å²) < 4.78 is 110. The first-order valence-electron chi connectivity index (χ1n) is 14.3. The van der Waals surface area contributed by atoms with Crippen LogP contribution in [0.2, 0.25) is 5.28 Å². The van der Waals surface area contributed by atoms with Crippen LogP contribution in [0.4, 0.5) is 29.0 Å². The number of Topliss-reactive ketones (excluding diaryl/α,β-unsaturated/α-hetero) is 1. The molecule has 56 heavy (non-hydrogen) atoms. The number of hydrogen-bond acceptors (Lipinski definition) is 18.